The number of piperidine rings is 1. The van der Waals surface area contributed by atoms with Crippen LogP contribution in [0.1, 0.15) is 26.7 Å². The molecule has 0 aliphatic carbocycles. The molecule has 1 aromatic heterocycles. The minimum absolute atomic E-state index is 0.00717. The highest BCUT2D eigenvalue weighted by molar-refractivity contribution is 5.76. The van der Waals surface area contributed by atoms with E-state index >= 15 is 0 Å². The zero-order valence-electron chi connectivity index (χ0n) is 14.4. The molecule has 2 atom stereocenters. The summed E-state index contributed by atoms with van der Waals surface area (Å²) in [5.41, 5.74) is -0.0903. The molecule has 1 saturated heterocycles. The quantitative estimate of drug-likeness (QED) is 0.906. The van der Waals surface area contributed by atoms with Crippen molar-refractivity contribution >= 4 is 5.91 Å². The first-order valence-electron chi connectivity index (χ1n) is 8.43. The van der Waals surface area contributed by atoms with Crippen LogP contribution in [0.5, 0.6) is 0 Å². The minimum Gasteiger partial charge on any atom is -0.390 e. The molecule has 2 aromatic rings. The van der Waals surface area contributed by atoms with Gasteiger partial charge in [0.05, 0.1) is 5.60 Å². The van der Waals surface area contributed by atoms with Gasteiger partial charge >= 0.3 is 0 Å². The molecule has 0 bridgehead atoms. The lowest BCUT2D eigenvalue weighted by molar-refractivity contribution is -0.140. The summed E-state index contributed by atoms with van der Waals surface area (Å²) < 4.78 is 13.0. The Morgan fingerprint density at radius 2 is 2.12 bits per heavy atom. The highest BCUT2D eigenvalue weighted by Crippen LogP contribution is 2.29. The summed E-state index contributed by atoms with van der Waals surface area (Å²) in [5, 5.41) is 22.4. The smallest absolute Gasteiger partial charge is 0.246 e. The van der Waals surface area contributed by atoms with Crippen molar-refractivity contribution < 1.29 is 14.3 Å². The molecule has 134 valence electrons. The second-order valence-corrected chi connectivity index (χ2v) is 6.70. The number of aromatic nitrogens is 4. The Morgan fingerprint density at radius 3 is 2.80 bits per heavy atom. The average Bonchev–Trinajstić information content (AvgIpc) is 3.03. The van der Waals surface area contributed by atoms with E-state index in [1.807, 2.05) is 13.8 Å². The molecule has 3 rings (SSSR count). The first-order valence-corrected chi connectivity index (χ1v) is 8.43. The Kier molecular flexibility index (Phi) is 4.80. The van der Waals surface area contributed by atoms with Crippen LogP contribution < -0.4 is 0 Å². The third-order valence-corrected chi connectivity index (χ3v) is 4.89. The van der Waals surface area contributed by atoms with E-state index in [4.69, 9.17) is 0 Å². The fraction of sp³-hybridized carbons (Fsp3) is 0.529. The van der Waals surface area contributed by atoms with Crippen LogP contribution in [0.4, 0.5) is 4.39 Å². The standard InChI is InChI=1S/C17H22FN5O2/c1-3-13-10-22(9-8-17(13,2)25)15(24)11-23-20-16(19-21-23)12-4-6-14(18)7-5-12/h4-7,13,25H,3,8-11H2,1-2H3/t13-,17+/m1/s1. The molecule has 1 N–H and O–H groups in total. The van der Waals surface area contributed by atoms with Gasteiger partial charge in [0.15, 0.2) is 0 Å². The van der Waals surface area contributed by atoms with Gasteiger partial charge in [0, 0.05) is 24.6 Å². The normalized spacial score (nSPS) is 23.7. The van der Waals surface area contributed by atoms with Crippen molar-refractivity contribution in [2.45, 2.75) is 38.8 Å². The van der Waals surface area contributed by atoms with Crippen LogP contribution in [-0.4, -0.2) is 54.8 Å². The van der Waals surface area contributed by atoms with Crippen molar-refractivity contribution in [1.82, 2.24) is 25.1 Å². The van der Waals surface area contributed by atoms with E-state index in [0.717, 1.165) is 6.42 Å². The zero-order valence-corrected chi connectivity index (χ0v) is 14.4. The van der Waals surface area contributed by atoms with Gasteiger partial charge in [-0.3, -0.25) is 4.79 Å². The molecular weight excluding hydrogens is 325 g/mol. The molecule has 1 aromatic carbocycles. The molecule has 2 heterocycles. The molecule has 1 aliphatic heterocycles. The third kappa shape index (κ3) is 3.84. The molecule has 7 nitrogen and oxygen atoms in total. The summed E-state index contributed by atoms with van der Waals surface area (Å²) in [4.78, 5) is 15.5. The van der Waals surface area contributed by atoms with Crippen molar-refractivity contribution in [3.8, 4) is 11.4 Å². The number of hydrogen-bond acceptors (Lipinski definition) is 5. The van der Waals surface area contributed by atoms with Gasteiger partial charge in [-0.1, -0.05) is 6.92 Å². The van der Waals surface area contributed by atoms with Gasteiger partial charge in [-0.15, -0.1) is 10.2 Å². The number of likely N-dealkylation sites (tertiary alicyclic amines) is 1. The fourth-order valence-corrected chi connectivity index (χ4v) is 3.16. The third-order valence-electron chi connectivity index (χ3n) is 4.89. The van der Waals surface area contributed by atoms with Crippen LogP contribution in [0, 0.1) is 11.7 Å². The second kappa shape index (κ2) is 6.87. The van der Waals surface area contributed by atoms with Gasteiger partial charge < -0.3 is 10.0 Å². The number of hydrogen-bond donors (Lipinski definition) is 1. The Morgan fingerprint density at radius 1 is 1.40 bits per heavy atom. The lowest BCUT2D eigenvalue weighted by atomic mass is 9.81. The van der Waals surface area contributed by atoms with Crippen molar-refractivity contribution in [2.75, 3.05) is 13.1 Å². The Balaban J connectivity index is 1.65. The summed E-state index contributed by atoms with van der Waals surface area (Å²) >= 11 is 0. The molecule has 1 fully saturated rings. The van der Waals surface area contributed by atoms with Crippen LogP contribution in [-0.2, 0) is 11.3 Å². The summed E-state index contributed by atoms with van der Waals surface area (Å²) in [6, 6.07) is 5.78. The van der Waals surface area contributed by atoms with Crippen LogP contribution in [0.2, 0.25) is 0 Å². The number of halogens is 1. The second-order valence-electron chi connectivity index (χ2n) is 6.70. The maximum Gasteiger partial charge on any atom is 0.246 e. The number of nitrogens with zero attached hydrogens (tertiary/aromatic N) is 5. The van der Waals surface area contributed by atoms with E-state index in [0.29, 0.717) is 30.9 Å². The molecule has 25 heavy (non-hydrogen) atoms. The van der Waals surface area contributed by atoms with E-state index in [-0.39, 0.29) is 24.2 Å². The molecule has 8 heteroatoms. The summed E-state index contributed by atoms with van der Waals surface area (Å²) in [6.07, 6.45) is 1.37. The molecule has 0 radical (unpaired) electrons. The van der Waals surface area contributed by atoms with E-state index in [2.05, 4.69) is 15.4 Å². The van der Waals surface area contributed by atoms with Crippen molar-refractivity contribution in [3.05, 3.63) is 30.1 Å². The number of aliphatic hydroxyl groups is 1. The van der Waals surface area contributed by atoms with Gasteiger partial charge in [-0.05, 0) is 49.2 Å². The van der Waals surface area contributed by atoms with Gasteiger partial charge in [-0.25, -0.2) is 4.39 Å². The van der Waals surface area contributed by atoms with E-state index in [9.17, 15) is 14.3 Å². The zero-order chi connectivity index (χ0) is 18.0. The van der Waals surface area contributed by atoms with Crippen LogP contribution in [0.25, 0.3) is 11.4 Å². The largest absolute Gasteiger partial charge is 0.390 e. The molecular formula is C17H22FN5O2. The molecule has 1 amide bonds. The number of amides is 1. The van der Waals surface area contributed by atoms with Crippen molar-refractivity contribution in [3.63, 3.8) is 0 Å². The number of benzene rings is 1. The monoisotopic (exact) mass is 347 g/mol. The van der Waals surface area contributed by atoms with Crippen molar-refractivity contribution in [2.24, 2.45) is 5.92 Å². The van der Waals surface area contributed by atoms with Gasteiger partial charge in [0.1, 0.15) is 12.4 Å². The topological polar surface area (TPSA) is 84.1 Å². The van der Waals surface area contributed by atoms with E-state index in [1.165, 1.54) is 16.9 Å². The Labute approximate surface area is 145 Å². The number of rotatable bonds is 4. The fourth-order valence-electron chi connectivity index (χ4n) is 3.16. The van der Waals surface area contributed by atoms with Gasteiger partial charge in [-0.2, -0.15) is 4.80 Å². The SMILES string of the molecule is CC[C@@H]1CN(C(=O)Cn2nnc(-c3ccc(F)cc3)n2)CC[C@]1(C)O. The van der Waals surface area contributed by atoms with Crippen LogP contribution >= 0.6 is 0 Å². The lowest BCUT2D eigenvalue weighted by Gasteiger charge is -2.42. The molecule has 1 aliphatic rings. The highest BCUT2D eigenvalue weighted by Gasteiger charge is 2.37. The first-order chi connectivity index (χ1) is 11.9. The predicted molar refractivity (Wildman–Crippen MR) is 88.8 cm³/mol. The maximum atomic E-state index is 13.0. The lowest BCUT2D eigenvalue weighted by Crippen LogP contribution is -2.52. The van der Waals surface area contributed by atoms with Crippen molar-refractivity contribution in [1.29, 1.82) is 0 Å². The Bertz CT molecular complexity index is 744. The number of carbonyl (C=O) groups excluding carboxylic acids is 1. The summed E-state index contributed by atoms with van der Waals surface area (Å²) in [7, 11) is 0. The predicted octanol–water partition coefficient (Wildman–Crippen LogP) is 1.49. The first kappa shape index (κ1) is 17.5. The van der Waals surface area contributed by atoms with Crippen LogP contribution in [0.15, 0.2) is 24.3 Å². The number of tetrazole rings is 1. The minimum atomic E-state index is -0.729. The maximum absolute atomic E-state index is 13.0. The van der Waals surface area contributed by atoms with Gasteiger partial charge in [0.2, 0.25) is 11.7 Å². The van der Waals surface area contributed by atoms with E-state index in [1.54, 1.807) is 17.0 Å². The van der Waals surface area contributed by atoms with E-state index < -0.39 is 5.60 Å². The molecule has 0 saturated carbocycles. The average molecular weight is 347 g/mol. The number of carbonyl (C=O) groups is 1. The molecule has 0 spiro atoms. The summed E-state index contributed by atoms with van der Waals surface area (Å²) in [5.74, 6) is -0.0284. The van der Waals surface area contributed by atoms with Gasteiger partial charge in [0.25, 0.3) is 0 Å². The highest BCUT2D eigenvalue weighted by atomic mass is 19.1. The Hall–Kier alpha value is -2.35. The summed E-state index contributed by atoms with van der Waals surface area (Å²) in [6.45, 7) is 4.88. The van der Waals surface area contributed by atoms with Crippen LogP contribution in [0.3, 0.4) is 0 Å². The molecule has 0 unspecified atom stereocenters.